The molecule has 0 aliphatic rings. The molecule has 1 aromatic rings. The number of methoxy groups -OCH3 is 1. The number of nitrogens with one attached hydrogen (secondary N) is 2. The van der Waals surface area contributed by atoms with Crippen LogP contribution in [-0.4, -0.2) is 30.3 Å². The van der Waals surface area contributed by atoms with Crippen molar-refractivity contribution in [3.8, 4) is 5.75 Å². The average Bonchev–Trinajstić information content (AvgIpc) is 2.44. The standard InChI is InChI=1S/C15H22N2O4/c1-5-9(2)13(14(18)19)17-15(20)16-11-6-7-12(21-4)10(3)8-11/h6-9,13H,5H2,1-4H3,(H,18,19)(H2,16,17,20)/t9?,13-/m0/s1. The van der Waals surface area contributed by atoms with E-state index in [4.69, 9.17) is 9.84 Å². The Labute approximate surface area is 124 Å². The van der Waals surface area contributed by atoms with Crippen LogP contribution in [0.4, 0.5) is 10.5 Å². The maximum atomic E-state index is 11.9. The second-order valence-corrected chi connectivity index (χ2v) is 4.98. The maximum absolute atomic E-state index is 11.9. The van der Waals surface area contributed by atoms with E-state index in [0.29, 0.717) is 12.1 Å². The number of carbonyl (C=O) groups excluding carboxylic acids is 1. The van der Waals surface area contributed by atoms with Gasteiger partial charge in [0.2, 0.25) is 0 Å². The number of aliphatic carboxylic acids is 1. The summed E-state index contributed by atoms with van der Waals surface area (Å²) in [5, 5.41) is 14.3. The number of carboxylic acid groups (broad SMARTS) is 1. The van der Waals surface area contributed by atoms with E-state index in [1.807, 2.05) is 13.8 Å². The van der Waals surface area contributed by atoms with Crippen LogP contribution in [-0.2, 0) is 4.79 Å². The highest BCUT2D eigenvalue weighted by Gasteiger charge is 2.25. The summed E-state index contributed by atoms with van der Waals surface area (Å²) in [7, 11) is 1.58. The number of carboxylic acids is 1. The fourth-order valence-corrected chi connectivity index (χ4v) is 1.95. The summed E-state index contributed by atoms with van der Waals surface area (Å²) in [5.74, 6) is -0.458. The van der Waals surface area contributed by atoms with Gasteiger partial charge in [-0.25, -0.2) is 9.59 Å². The number of rotatable bonds is 6. The number of hydrogen-bond acceptors (Lipinski definition) is 3. The van der Waals surface area contributed by atoms with Gasteiger partial charge in [-0.2, -0.15) is 0 Å². The average molecular weight is 294 g/mol. The first-order chi connectivity index (χ1) is 9.88. The first-order valence-corrected chi connectivity index (χ1v) is 6.84. The van der Waals surface area contributed by atoms with Gasteiger partial charge in [0.1, 0.15) is 11.8 Å². The third kappa shape index (κ3) is 4.66. The fraction of sp³-hybridized carbons (Fsp3) is 0.467. The molecule has 6 heteroatoms. The molecule has 1 rings (SSSR count). The Morgan fingerprint density at radius 3 is 2.52 bits per heavy atom. The molecule has 1 aromatic carbocycles. The van der Waals surface area contributed by atoms with E-state index in [1.165, 1.54) is 0 Å². The Hall–Kier alpha value is -2.24. The molecule has 2 atom stereocenters. The molecule has 0 bridgehead atoms. The smallest absolute Gasteiger partial charge is 0.326 e. The van der Waals surface area contributed by atoms with Gasteiger partial charge in [-0.1, -0.05) is 20.3 Å². The quantitative estimate of drug-likeness (QED) is 0.752. The largest absolute Gasteiger partial charge is 0.496 e. The molecule has 3 N–H and O–H groups in total. The van der Waals surface area contributed by atoms with Crippen molar-refractivity contribution in [2.45, 2.75) is 33.2 Å². The zero-order valence-corrected chi connectivity index (χ0v) is 12.8. The lowest BCUT2D eigenvalue weighted by atomic mass is 9.99. The Bertz CT molecular complexity index is 516. The highest BCUT2D eigenvalue weighted by molar-refractivity contribution is 5.92. The highest BCUT2D eigenvalue weighted by Crippen LogP contribution is 2.21. The van der Waals surface area contributed by atoms with Gasteiger partial charge in [-0.3, -0.25) is 0 Å². The molecular formula is C15H22N2O4. The van der Waals surface area contributed by atoms with E-state index in [-0.39, 0.29) is 5.92 Å². The zero-order chi connectivity index (χ0) is 16.0. The second-order valence-electron chi connectivity index (χ2n) is 4.98. The number of ether oxygens (including phenoxy) is 1. The van der Waals surface area contributed by atoms with Crippen molar-refractivity contribution >= 4 is 17.7 Å². The van der Waals surface area contributed by atoms with Crippen LogP contribution in [0.1, 0.15) is 25.8 Å². The molecule has 0 aliphatic carbocycles. The van der Waals surface area contributed by atoms with Crippen molar-refractivity contribution in [2.75, 3.05) is 12.4 Å². The molecule has 0 saturated carbocycles. The van der Waals surface area contributed by atoms with Crippen LogP contribution in [0.2, 0.25) is 0 Å². The number of aryl methyl sites for hydroxylation is 1. The van der Waals surface area contributed by atoms with E-state index in [1.54, 1.807) is 32.2 Å². The lowest BCUT2D eigenvalue weighted by Gasteiger charge is -2.20. The molecule has 2 amide bonds. The van der Waals surface area contributed by atoms with Crippen LogP contribution in [0.3, 0.4) is 0 Å². The zero-order valence-electron chi connectivity index (χ0n) is 12.8. The summed E-state index contributed by atoms with van der Waals surface area (Å²) in [6.07, 6.45) is 0.666. The first kappa shape index (κ1) is 16.8. The molecule has 21 heavy (non-hydrogen) atoms. The predicted molar refractivity (Wildman–Crippen MR) is 80.8 cm³/mol. The Kier molecular flexibility index (Phi) is 6.02. The minimum Gasteiger partial charge on any atom is -0.496 e. The number of anilines is 1. The molecular weight excluding hydrogens is 272 g/mol. The Balaban J connectivity index is 2.72. The van der Waals surface area contributed by atoms with Gasteiger partial charge in [0.25, 0.3) is 0 Å². The van der Waals surface area contributed by atoms with Gasteiger partial charge >= 0.3 is 12.0 Å². The van der Waals surface area contributed by atoms with Gasteiger partial charge in [-0.15, -0.1) is 0 Å². The second kappa shape index (κ2) is 7.52. The normalized spacial score (nSPS) is 13.1. The number of amides is 2. The number of carbonyl (C=O) groups is 2. The van der Waals surface area contributed by atoms with Crippen molar-refractivity contribution in [2.24, 2.45) is 5.92 Å². The van der Waals surface area contributed by atoms with Crippen molar-refractivity contribution in [3.63, 3.8) is 0 Å². The summed E-state index contributed by atoms with van der Waals surface area (Å²) in [6.45, 7) is 5.53. The van der Waals surface area contributed by atoms with Gasteiger partial charge in [0, 0.05) is 5.69 Å². The maximum Gasteiger partial charge on any atom is 0.326 e. The fourth-order valence-electron chi connectivity index (χ4n) is 1.95. The number of urea groups is 1. The molecule has 0 heterocycles. The Morgan fingerprint density at radius 1 is 1.38 bits per heavy atom. The van der Waals surface area contributed by atoms with Gasteiger partial charge in [0.05, 0.1) is 7.11 Å². The summed E-state index contributed by atoms with van der Waals surface area (Å²) in [5.41, 5.74) is 1.46. The van der Waals surface area contributed by atoms with E-state index in [9.17, 15) is 9.59 Å². The van der Waals surface area contributed by atoms with Gasteiger partial charge in [-0.05, 0) is 36.6 Å². The third-order valence-corrected chi connectivity index (χ3v) is 3.42. The van der Waals surface area contributed by atoms with Crippen LogP contribution >= 0.6 is 0 Å². The Morgan fingerprint density at radius 2 is 2.05 bits per heavy atom. The highest BCUT2D eigenvalue weighted by atomic mass is 16.5. The van der Waals surface area contributed by atoms with Crippen molar-refractivity contribution in [1.82, 2.24) is 5.32 Å². The van der Waals surface area contributed by atoms with Crippen LogP contribution in [0.25, 0.3) is 0 Å². The van der Waals surface area contributed by atoms with Crippen LogP contribution < -0.4 is 15.4 Å². The van der Waals surface area contributed by atoms with Crippen LogP contribution in [0.5, 0.6) is 5.75 Å². The van der Waals surface area contributed by atoms with Crippen LogP contribution in [0.15, 0.2) is 18.2 Å². The molecule has 0 radical (unpaired) electrons. The molecule has 116 valence electrons. The van der Waals surface area contributed by atoms with E-state index < -0.39 is 18.0 Å². The lowest BCUT2D eigenvalue weighted by molar-refractivity contribution is -0.140. The summed E-state index contributed by atoms with van der Waals surface area (Å²) < 4.78 is 5.14. The lowest BCUT2D eigenvalue weighted by Crippen LogP contribution is -2.46. The van der Waals surface area contributed by atoms with Crippen molar-refractivity contribution in [1.29, 1.82) is 0 Å². The predicted octanol–water partition coefficient (Wildman–Crippen LogP) is 2.62. The molecule has 0 fully saturated rings. The molecule has 1 unspecified atom stereocenters. The number of hydrogen-bond donors (Lipinski definition) is 3. The monoisotopic (exact) mass is 294 g/mol. The molecule has 0 saturated heterocycles. The third-order valence-electron chi connectivity index (χ3n) is 3.42. The SMILES string of the molecule is CCC(C)[C@H](NC(=O)Nc1ccc(OC)c(C)c1)C(=O)O. The summed E-state index contributed by atoms with van der Waals surface area (Å²) in [4.78, 5) is 23.1. The van der Waals surface area contributed by atoms with Crippen LogP contribution in [0, 0.1) is 12.8 Å². The van der Waals surface area contributed by atoms with Crippen molar-refractivity contribution in [3.05, 3.63) is 23.8 Å². The molecule has 0 aliphatic heterocycles. The van der Waals surface area contributed by atoms with Gasteiger partial charge < -0.3 is 20.5 Å². The number of benzene rings is 1. The summed E-state index contributed by atoms with van der Waals surface area (Å²) >= 11 is 0. The molecule has 0 aromatic heterocycles. The minimum absolute atomic E-state index is 0.147. The van der Waals surface area contributed by atoms with E-state index in [0.717, 1.165) is 11.3 Å². The van der Waals surface area contributed by atoms with E-state index >= 15 is 0 Å². The van der Waals surface area contributed by atoms with Crippen molar-refractivity contribution < 1.29 is 19.4 Å². The minimum atomic E-state index is -1.04. The molecule has 6 nitrogen and oxygen atoms in total. The first-order valence-electron chi connectivity index (χ1n) is 6.84. The van der Waals surface area contributed by atoms with E-state index in [2.05, 4.69) is 10.6 Å². The molecule has 0 spiro atoms. The topological polar surface area (TPSA) is 87.7 Å². The summed E-state index contributed by atoms with van der Waals surface area (Å²) in [6, 6.07) is 3.76. The van der Waals surface area contributed by atoms with Gasteiger partial charge in [0.15, 0.2) is 0 Å².